The molecule has 5 saturated heterocycles. The molecule has 13 nitrogen and oxygen atoms in total. The van der Waals surface area contributed by atoms with Crippen molar-refractivity contribution in [1.82, 2.24) is 25.0 Å². The van der Waals surface area contributed by atoms with Crippen LogP contribution in [0.5, 0.6) is 0 Å². The molecule has 1 aromatic heterocycles. The van der Waals surface area contributed by atoms with Crippen LogP contribution >= 0.6 is 11.6 Å². The van der Waals surface area contributed by atoms with E-state index in [1.165, 1.54) is 5.56 Å². The zero-order valence-corrected chi connectivity index (χ0v) is 33.4. The van der Waals surface area contributed by atoms with Crippen LogP contribution in [0.1, 0.15) is 76.8 Å². The number of nitriles is 1. The Morgan fingerprint density at radius 1 is 0.845 bits per heavy atom. The van der Waals surface area contributed by atoms with Gasteiger partial charge >= 0.3 is 0 Å². The number of amides is 4. The Labute approximate surface area is 343 Å². The fourth-order valence-corrected chi connectivity index (χ4v) is 10.2. The molecular formula is C44H48ClN9O4. The number of hydrogen-bond donors (Lipinski definition) is 1. The summed E-state index contributed by atoms with van der Waals surface area (Å²) in [6.07, 6.45) is 7.45. The first kappa shape index (κ1) is 38.2. The molecule has 1 atom stereocenters. The lowest BCUT2D eigenvalue weighted by Crippen LogP contribution is -2.54. The summed E-state index contributed by atoms with van der Waals surface area (Å²) in [4.78, 5) is 68.6. The van der Waals surface area contributed by atoms with Gasteiger partial charge < -0.3 is 14.7 Å². The summed E-state index contributed by atoms with van der Waals surface area (Å²) < 4.78 is 0. The van der Waals surface area contributed by atoms with Crippen LogP contribution in [-0.2, 0) is 16.1 Å². The summed E-state index contributed by atoms with van der Waals surface area (Å²) in [6, 6.07) is 17.1. The van der Waals surface area contributed by atoms with Crippen molar-refractivity contribution >= 4 is 52.4 Å². The maximum Gasteiger partial charge on any atom is 0.262 e. The van der Waals surface area contributed by atoms with Crippen molar-refractivity contribution in [3.05, 3.63) is 94.3 Å². The molecule has 0 bridgehead atoms. The minimum Gasteiger partial charge on any atom is -0.371 e. The number of piperazine rings is 1. The van der Waals surface area contributed by atoms with E-state index in [1.54, 1.807) is 18.2 Å². The number of halogens is 1. The van der Waals surface area contributed by atoms with E-state index < -0.39 is 23.8 Å². The molecule has 6 aliphatic rings. The summed E-state index contributed by atoms with van der Waals surface area (Å²) in [5.41, 5.74) is 5.57. The highest BCUT2D eigenvalue weighted by molar-refractivity contribution is 6.32. The molecule has 3 aromatic rings. The summed E-state index contributed by atoms with van der Waals surface area (Å²) >= 11 is 6.36. The quantitative estimate of drug-likeness (QED) is 0.330. The molecule has 2 aromatic carbocycles. The molecule has 9 rings (SSSR count). The van der Waals surface area contributed by atoms with Gasteiger partial charge in [0.05, 0.1) is 21.7 Å². The first-order valence-corrected chi connectivity index (χ1v) is 20.9. The second-order valence-electron chi connectivity index (χ2n) is 16.8. The number of nitrogens with one attached hydrogen (secondary N) is 1. The Morgan fingerprint density at radius 3 is 2.28 bits per heavy atom. The minimum absolute atomic E-state index is 0.102. The van der Waals surface area contributed by atoms with E-state index >= 15 is 0 Å². The van der Waals surface area contributed by atoms with E-state index in [1.807, 2.05) is 24.4 Å². The first-order chi connectivity index (χ1) is 28.1. The lowest BCUT2D eigenvalue weighted by atomic mass is 9.77. The zero-order chi connectivity index (χ0) is 40.1. The van der Waals surface area contributed by atoms with Gasteiger partial charge in [-0.05, 0) is 92.0 Å². The van der Waals surface area contributed by atoms with Gasteiger partial charge in [0.25, 0.3) is 11.8 Å². The molecule has 1 spiro atoms. The molecular weight excluding hydrogens is 754 g/mol. The van der Waals surface area contributed by atoms with Crippen LogP contribution in [0.15, 0.2) is 67.0 Å². The van der Waals surface area contributed by atoms with Crippen molar-refractivity contribution in [2.75, 3.05) is 73.6 Å². The van der Waals surface area contributed by atoms with Crippen molar-refractivity contribution in [3.63, 3.8) is 0 Å². The Kier molecular flexibility index (Phi) is 10.2. The van der Waals surface area contributed by atoms with Crippen LogP contribution in [-0.4, -0.2) is 114 Å². The number of imide groups is 2. The largest absolute Gasteiger partial charge is 0.371 e. The summed E-state index contributed by atoms with van der Waals surface area (Å²) in [5, 5.41) is 12.0. The Morgan fingerprint density at radius 2 is 1.59 bits per heavy atom. The van der Waals surface area contributed by atoms with E-state index in [0.717, 1.165) is 125 Å². The van der Waals surface area contributed by atoms with Crippen LogP contribution in [0.2, 0.25) is 5.02 Å². The van der Waals surface area contributed by atoms with Crippen LogP contribution in [0.3, 0.4) is 0 Å². The van der Waals surface area contributed by atoms with Crippen molar-refractivity contribution in [2.45, 2.75) is 63.6 Å². The molecule has 1 N–H and O–H groups in total. The van der Waals surface area contributed by atoms with E-state index in [4.69, 9.17) is 16.6 Å². The number of rotatable bonds is 7. The van der Waals surface area contributed by atoms with Gasteiger partial charge in [-0.15, -0.1) is 0 Å². The van der Waals surface area contributed by atoms with Crippen molar-refractivity contribution < 1.29 is 19.2 Å². The molecule has 7 heterocycles. The smallest absolute Gasteiger partial charge is 0.262 e. The van der Waals surface area contributed by atoms with Crippen molar-refractivity contribution in [3.8, 4) is 6.07 Å². The zero-order valence-electron chi connectivity index (χ0n) is 32.7. The first-order valence-electron chi connectivity index (χ1n) is 20.5. The Hall–Kier alpha value is -5.29. The van der Waals surface area contributed by atoms with Crippen LogP contribution in [0, 0.1) is 16.7 Å². The number of hydrogen-bond acceptors (Lipinski definition) is 11. The topological polar surface area (TPSA) is 136 Å². The van der Waals surface area contributed by atoms with Crippen LogP contribution in [0.4, 0.5) is 17.2 Å². The number of fused-ring (bicyclic) bond motifs is 1. The second kappa shape index (κ2) is 15.5. The number of anilines is 3. The SMILES string of the molecule is C=C1CC2(CCN(c3ccc(CN4CCN(C5CCN(c6ccc7c(c6)C(=O)N(C6CCC(=O)NC6=O)C7=O)CC5)CC4)cn3)CC2)CN1c1ccc(C#N)c(Cl)c1. The van der Waals surface area contributed by atoms with E-state index in [0.29, 0.717) is 27.8 Å². The van der Waals surface area contributed by atoms with Gasteiger partial charge in [-0.2, -0.15) is 5.26 Å². The Balaban J connectivity index is 0.721. The van der Waals surface area contributed by atoms with Gasteiger partial charge in [0.15, 0.2) is 0 Å². The average molecular weight is 802 g/mol. The van der Waals surface area contributed by atoms with Gasteiger partial charge in [0, 0.05) is 101 Å². The lowest BCUT2D eigenvalue weighted by molar-refractivity contribution is -0.136. The van der Waals surface area contributed by atoms with E-state index in [2.05, 4.69) is 54.6 Å². The molecule has 0 radical (unpaired) electrons. The van der Waals surface area contributed by atoms with Gasteiger partial charge in [-0.25, -0.2) is 4.98 Å². The molecule has 14 heteroatoms. The third kappa shape index (κ3) is 7.22. The number of carbonyl (C=O) groups excluding carboxylic acids is 4. The maximum atomic E-state index is 13.4. The maximum absolute atomic E-state index is 13.4. The highest BCUT2D eigenvalue weighted by Gasteiger charge is 2.45. The van der Waals surface area contributed by atoms with Gasteiger partial charge in [-0.1, -0.05) is 24.2 Å². The fraction of sp³-hybridized carbons (Fsp3) is 0.455. The molecule has 4 amide bonds. The highest BCUT2D eigenvalue weighted by atomic mass is 35.5. The molecule has 58 heavy (non-hydrogen) atoms. The lowest BCUT2D eigenvalue weighted by Gasteiger charge is -2.43. The average Bonchev–Trinajstić information content (AvgIpc) is 3.69. The number of pyridine rings is 1. The third-order valence-corrected chi connectivity index (χ3v) is 13.7. The number of carbonyl (C=O) groups is 4. The molecule has 6 aliphatic heterocycles. The van der Waals surface area contributed by atoms with Gasteiger partial charge in [0.2, 0.25) is 11.8 Å². The number of nitrogens with zero attached hydrogens (tertiary/aromatic N) is 8. The standard InChI is InChI=1S/C44H48ClN9O4/c1-29-24-44(28-53(29)34-4-3-31(25-46)37(45)23-34)12-16-52(17-13-44)39-8-2-30(26-47-39)27-49-18-20-51(21-19-49)32-10-14-50(15-11-32)33-5-6-35-36(22-33)43(58)54(42(35)57)38-7-9-40(55)48-41(38)56/h2-6,8,22-23,26,32,38H,1,7,9-21,24,27-28H2,(H,48,55,56). The summed E-state index contributed by atoms with van der Waals surface area (Å²) in [6.45, 7) is 13.9. The molecule has 1 unspecified atom stereocenters. The molecule has 0 aliphatic carbocycles. The van der Waals surface area contributed by atoms with Crippen LogP contribution in [0.25, 0.3) is 0 Å². The minimum atomic E-state index is -0.961. The van der Waals surface area contributed by atoms with Gasteiger partial charge in [0.1, 0.15) is 17.9 Å². The third-order valence-electron chi connectivity index (χ3n) is 13.4. The molecule has 5 fully saturated rings. The normalized spacial score (nSPS) is 23.2. The van der Waals surface area contributed by atoms with Gasteiger partial charge in [-0.3, -0.25) is 39.2 Å². The molecule has 300 valence electrons. The number of allylic oxidation sites excluding steroid dienone is 1. The predicted molar refractivity (Wildman–Crippen MR) is 221 cm³/mol. The monoisotopic (exact) mass is 801 g/mol. The predicted octanol–water partition coefficient (Wildman–Crippen LogP) is 4.81. The summed E-state index contributed by atoms with van der Waals surface area (Å²) in [7, 11) is 0. The van der Waals surface area contributed by atoms with E-state index in [-0.39, 0.29) is 24.2 Å². The van der Waals surface area contributed by atoms with E-state index in [9.17, 15) is 24.4 Å². The fourth-order valence-electron chi connectivity index (χ4n) is 10.00. The number of benzene rings is 2. The van der Waals surface area contributed by atoms with Crippen LogP contribution < -0.4 is 20.0 Å². The number of piperidine rings is 3. The van der Waals surface area contributed by atoms with Crippen molar-refractivity contribution in [1.29, 1.82) is 5.26 Å². The second-order valence-corrected chi connectivity index (χ2v) is 17.2. The Bertz CT molecular complexity index is 2200. The summed E-state index contributed by atoms with van der Waals surface area (Å²) in [5.74, 6) is -0.884. The highest BCUT2D eigenvalue weighted by Crippen LogP contribution is 2.47. The van der Waals surface area contributed by atoms with Crippen molar-refractivity contribution in [2.24, 2.45) is 5.41 Å². The molecule has 0 saturated carbocycles. The number of aromatic nitrogens is 1.